The number of fused-ring (bicyclic) bond motifs is 1. The van der Waals surface area contributed by atoms with E-state index in [1.807, 2.05) is 12.1 Å². The topological polar surface area (TPSA) is 35.5 Å². The number of Topliss-reactive ketones (excluding diaryl/α,β-unsaturated/α-hetero) is 1. The van der Waals surface area contributed by atoms with Crippen molar-refractivity contribution in [2.24, 2.45) is 0 Å². The number of ether oxygens (including phenoxy) is 2. The van der Waals surface area contributed by atoms with Crippen LogP contribution in [0.1, 0.15) is 36.0 Å². The third-order valence-electron chi connectivity index (χ3n) is 2.90. The SMILES string of the molecule is O=C(CCCCCBr)c1ccc2c(c1)OCCO2. The number of alkyl halides is 1. The van der Waals surface area contributed by atoms with Crippen molar-refractivity contribution in [1.29, 1.82) is 0 Å². The van der Waals surface area contributed by atoms with Crippen LogP contribution in [-0.4, -0.2) is 24.3 Å². The molecule has 98 valence electrons. The van der Waals surface area contributed by atoms with Crippen LogP contribution in [0.15, 0.2) is 18.2 Å². The molecule has 1 aromatic rings. The maximum absolute atomic E-state index is 12.0. The van der Waals surface area contributed by atoms with Crippen LogP contribution >= 0.6 is 15.9 Å². The summed E-state index contributed by atoms with van der Waals surface area (Å²) in [5.41, 5.74) is 0.720. The molecular weight excluding hydrogens is 296 g/mol. The molecular formula is C14H17BrO3. The van der Waals surface area contributed by atoms with Crippen molar-refractivity contribution in [3.8, 4) is 11.5 Å². The molecule has 0 fully saturated rings. The molecule has 1 aliphatic rings. The van der Waals surface area contributed by atoms with Gasteiger partial charge in [0.05, 0.1) is 0 Å². The van der Waals surface area contributed by atoms with Crippen LogP contribution in [0.2, 0.25) is 0 Å². The number of hydrogen-bond donors (Lipinski definition) is 0. The number of carbonyl (C=O) groups is 1. The zero-order valence-corrected chi connectivity index (χ0v) is 11.9. The summed E-state index contributed by atoms with van der Waals surface area (Å²) in [4.78, 5) is 12.0. The Kier molecular flexibility index (Phi) is 5.05. The van der Waals surface area contributed by atoms with Gasteiger partial charge in [-0.15, -0.1) is 0 Å². The van der Waals surface area contributed by atoms with Gasteiger partial charge in [-0.25, -0.2) is 0 Å². The summed E-state index contributed by atoms with van der Waals surface area (Å²) >= 11 is 3.39. The molecule has 3 nitrogen and oxygen atoms in total. The van der Waals surface area contributed by atoms with E-state index in [4.69, 9.17) is 9.47 Å². The summed E-state index contributed by atoms with van der Waals surface area (Å²) < 4.78 is 10.9. The number of carbonyl (C=O) groups excluding carboxylic acids is 1. The smallest absolute Gasteiger partial charge is 0.163 e. The van der Waals surface area contributed by atoms with Crippen molar-refractivity contribution >= 4 is 21.7 Å². The largest absolute Gasteiger partial charge is 0.486 e. The third kappa shape index (κ3) is 3.48. The van der Waals surface area contributed by atoms with Crippen molar-refractivity contribution in [2.75, 3.05) is 18.5 Å². The van der Waals surface area contributed by atoms with Crippen LogP contribution in [0.5, 0.6) is 11.5 Å². The molecule has 0 spiro atoms. The van der Waals surface area contributed by atoms with Gasteiger partial charge in [-0.05, 0) is 31.0 Å². The van der Waals surface area contributed by atoms with E-state index in [1.165, 1.54) is 0 Å². The van der Waals surface area contributed by atoms with Gasteiger partial charge in [-0.1, -0.05) is 22.4 Å². The lowest BCUT2D eigenvalue weighted by atomic mass is 10.0. The summed E-state index contributed by atoms with van der Waals surface area (Å²) in [5.74, 6) is 1.60. The second-order valence-electron chi connectivity index (χ2n) is 4.28. The molecule has 0 saturated carbocycles. The molecule has 0 bridgehead atoms. The Hall–Kier alpha value is -1.03. The number of benzene rings is 1. The summed E-state index contributed by atoms with van der Waals surface area (Å²) in [6.07, 6.45) is 3.75. The van der Waals surface area contributed by atoms with Gasteiger partial charge in [0.2, 0.25) is 0 Å². The molecule has 1 aromatic carbocycles. The lowest BCUT2D eigenvalue weighted by molar-refractivity contribution is 0.0978. The van der Waals surface area contributed by atoms with E-state index in [0.717, 1.165) is 35.9 Å². The molecule has 4 heteroatoms. The Morgan fingerprint density at radius 3 is 2.67 bits per heavy atom. The first-order valence-corrected chi connectivity index (χ1v) is 7.42. The minimum Gasteiger partial charge on any atom is -0.486 e. The molecule has 0 radical (unpaired) electrons. The van der Waals surface area contributed by atoms with Crippen molar-refractivity contribution in [1.82, 2.24) is 0 Å². The van der Waals surface area contributed by atoms with Crippen molar-refractivity contribution < 1.29 is 14.3 Å². The standard InChI is InChI=1S/C14H17BrO3/c15-7-3-1-2-4-12(16)11-5-6-13-14(10-11)18-9-8-17-13/h5-6,10H,1-4,7-9H2. The number of rotatable bonds is 6. The second kappa shape index (κ2) is 6.78. The lowest BCUT2D eigenvalue weighted by Crippen LogP contribution is -2.15. The number of hydrogen-bond acceptors (Lipinski definition) is 3. The number of unbranched alkanes of at least 4 members (excludes halogenated alkanes) is 2. The quantitative estimate of drug-likeness (QED) is 0.457. The average molecular weight is 313 g/mol. The van der Waals surface area contributed by atoms with E-state index < -0.39 is 0 Å². The van der Waals surface area contributed by atoms with Crippen LogP contribution < -0.4 is 9.47 Å². The molecule has 0 aliphatic carbocycles. The fourth-order valence-electron chi connectivity index (χ4n) is 1.92. The average Bonchev–Trinajstić information content (AvgIpc) is 2.43. The van der Waals surface area contributed by atoms with Crippen LogP contribution in [0.4, 0.5) is 0 Å². The van der Waals surface area contributed by atoms with E-state index in [1.54, 1.807) is 6.07 Å². The Labute approximate surface area is 116 Å². The summed E-state index contributed by atoms with van der Waals surface area (Å²) in [7, 11) is 0. The number of ketones is 1. The Bertz CT molecular complexity index is 418. The molecule has 0 unspecified atom stereocenters. The van der Waals surface area contributed by atoms with Crippen molar-refractivity contribution in [2.45, 2.75) is 25.7 Å². The van der Waals surface area contributed by atoms with E-state index in [2.05, 4.69) is 15.9 Å². The Morgan fingerprint density at radius 1 is 1.11 bits per heavy atom. The molecule has 1 aliphatic heterocycles. The molecule has 0 N–H and O–H groups in total. The summed E-state index contributed by atoms with van der Waals surface area (Å²) in [5, 5.41) is 1.01. The highest BCUT2D eigenvalue weighted by atomic mass is 79.9. The van der Waals surface area contributed by atoms with Gasteiger partial charge in [0.15, 0.2) is 17.3 Å². The molecule has 0 amide bonds. The highest BCUT2D eigenvalue weighted by Crippen LogP contribution is 2.31. The first kappa shape index (κ1) is 13.4. The minimum atomic E-state index is 0.182. The van der Waals surface area contributed by atoms with Crippen LogP contribution in [-0.2, 0) is 0 Å². The van der Waals surface area contributed by atoms with Crippen LogP contribution in [0, 0.1) is 0 Å². The lowest BCUT2D eigenvalue weighted by Gasteiger charge is -2.18. The van der Waals surface area contributed by atoms with Gasteiger partial charge >= 0.3 is 0 Å². The highest BCUT2D eigenvalue weighted by Gasteiger charge is 2.14. The first-order chi connectivity index (χ1) is 8.81. The predicted molar refractivity (Wildman–Crippen MR) is 74.0 cm³/mol. The summed E-state index contributed by atoms with van der Waals surface area (Å²) in [6, 6.07) is 5.43. The Balaban J connectivity index is 1.94. The van der Waals surface area contributed by atoms with E-state index in [0.29, 0.717) is 25.4 Å². The summed E-state index contributed by atoms with van der Waals surface area (Å²) in [6.45, 7) is 1.13. The fourth-order valence-corrected chi connectivity index (χ4v) is 2.31. The van der Waals surface area contributed by atoms with Crippen LogP contribution in [0.3, 0.4) is 0 Å². The first-order valence-electron chi connectivity index (χ1n) is 6.30. The maximum atomic E-state index is 12.0. The van der Waals surface area contributed by atoms with E-state index in [-0.39, 0.29) is 5.78 Å². The van der Waals surface area contributed by atoms with Crippen LogP contribution in [0.25, 0.3) is 0 Å². The predicted octanol–water partition coefficient (Wildman–Crippen LogP) is 3.60. The van der Waals surface area contributed by atoms with Gasteiger partial charge in [-0.2, -0.15) is 0 Å². The zero-order valence-electron chi connectivity index (χ0n) is 10.3. The van der Waals surface area contributed by atoms with Gasteiger partial charge in [0, 0.05) is 17.3 Å². The minimum absolute atomic E-state index is 0.182. The second-order valence-corrected chi connectivity index (χ2v) is 5.07. The van der Waals surface area contributed by atoms with Crippen molar-refractivity contribution in [3.05, 3.63) is 23.8 Å². The van der Waals surface area contributed by atoms with Gasteiger partial charge < -0.3 is 9.47 Å². The molecule has 0 atom stereocenters. The molecule has 1 heterocycles. The molecule has 2 rings (SSSR count). The van der Waals surface area contributed by atoms with Gasteiger partial charge in [-0.3, -0.25) is 4.79 Å². The Morgan fingerprint density at radius 2 is 1.89 bits per heavy atom. The van der Waals surface area contributed by atoms with Gasteiger partial charge in [0.1, 0.15) is 13.2 Å². The molecule has 0 aromatic heterocycles. The fraction of sp³-hybridized carbons (Fsp3) is 0.500. The van der Waals surface area contributed by atoms with Gasteiger partial charge in [0.25, 0.3) is 0 Å². The zero-order chi connectivity index (χ0) is 12.8. The van der Waals surface area contributed by atoms with Crippen molar-refractivity contribution in [3.63, 3.8) is 0 Å². The normalized spacial score (nSPS) is 13.4. The monoisotopic (exact) mass is 312 g/mol. The highest BCUT2D eigenvalue weighted by molar-refractivity contribution is 9.09. The molecule has 18 heavy (non-hydrogen) atoms. The van der Waals surface area contributed by atoms with E-state index in [9.17, 15) is 4.79 Å². The van der Waals surface area contributed by atoms with E-state index >= 15 is 0 Å². The number of halogens is 1. The molecule has 0 saturated heterocycles. The maximum Gasteiger partial charge on any atom is 0.163 e. The third-order valence-corrected chi connectivity index (χ3v) is 3.46.